The van der Waals surface area contributed by atoms with Gasteiger partial charge in [0, 0.05) is 0 Å². The predicted octanol–water partition coefficient (Wildman–Crippen LogP) is 1.85. The smallest absolute Gasteiger partial charge is 0.0172 e. The van der Waals surface area contributed by atoms with E-state index < -0.39 is 0 Å². The molecule has 0 aliphatic heterocycles. The molecule has 3 atom stereocenters. The summed E-state index contributed by atoms with van der Waals surface area (Å²) in [6, 6.07) is 15.0. The zero-order valence-corrected chi connectivity index (χ0v) is 11.7. The van der Waals surface area contributed by atoms with Crippen molar-refractivity contribution in [2.45, 2.75) is 0 Å². The average molecular weight is 250 g/mol. The van der Waals surface area contributed by atoms with E-state index in [0.717, 1.165) is 0 Å². The van der Waals surface area contributed by atoms with Gasteiger partial charge in [0.1, 0.15) is 0 Å². The third kappa shape index (κ3) is 2.85. The van der Waals surface area contributed by atoms with Crippen LogP contribution in [-0.4, -0.2) is 0 Å². The van der Waals surface area contributed by atoms with Crippen LogP contribution in [0.15, 0.2) is 42.5 Å². The van der Waals surface area contributed by atoms with E-state index in [2.05, 4.69) is 70.2 Å². The molecule has 3 unspecified atom stereocenters. The first-order chi connectivity index (χ1) is 7.15. The molecule has 2 rings (SSSR count). The Morgan fingerprint density at radius 2 is 1.07 bits per heavy atom. The molecule has 0 fully saturated rings. The third-order valence-electron chi connectivity index (χ3n) is 2.22. The van der Waals surface area contributed by atoms with Crippen molar-refractivity contribution in [3.63, 3.8) is 0 Å². The van der Waals surface area contributed by atoms with Gasteiger partial charge in [0.25, 0.3) is 0 Å². The van der Waals surface area contributed by atoms with Crippen molar-refractivity contribution < 1.29 is 0 Å². The Hall–Kier alpha value is -0.270. The fourth-order valence-electron chi connectivity index (χ4n) is 1.52. The monoisotopic (exact) mass is 250 g/mol. The van der Waals surface area contributed by atoms with Crippen molar-refractivity contribution in [2.24, 2.45) is 0 Å². The van der Waals surface area contributed by atoms with Gasteiger partial charge in [-0.15, -0.1) is 27.7 Å². The van der Waals surface area contributed by atoms with E-state index in [1.165, 1.54) is 27.0 Å². The molecule has 0 aliphatic carbocycles. The summed E-state index contributed by atoms with van der Waals surface area (Å²) in [7, 11) is 8.18. The topological polar surface area (TPSA) is 0 Å². The Morgan fingerprint density at radius 3 is 1.60 bits per heavy atom. The van der Waals surface area contributed by atoms with Gasteiger partial charge in [0.2, 0.25) is 0 Å². The number of benzene rings is 2. The van der Waals surface area contributed by atoms with Gasteiger partial charge in [0.15, 0.2) is 0 Å². The van der Waals surface area contributed by atoms with Crippen molar-refractivity contribution >= 4 is 43.6 Å². The molecular formula is C12H13P3. The average Bonchev–Trinajstić information content (AvgIpc) is 2.17. The number of rotatable bonds is 1. The van der Waals surface area contributed by atoms with Crippen molar-refractivity contribution in [3.05, 3.63) is 42.5 Å². The molecule has 2 aromatic carbocycles. The maximum Gasteiger partial charge on any atom is -0.0172 e. The molecule has 0 spiro atoms. The summed E-state index contributed by atoms with van der Waals surface area (Å²) in [5, 5.41) is 3.65. The summed E-state index contributed by atoms with van der Waals surface area (Å²) < 4.78 is 0. The Balaban J connectivity index is 2.49. The van der Waals surface area contributed by atoms with E-state index in [9.17, 15) is 0 Å². The fourth-order valence-corrected chi connectivity index (χ4v) is 2.65. The minimum absolute atomic E-state index is 1.21. The summed E-state index contributed by atoms with van der Waals surface area (Å²) in [6.07, 6.45) is 0. The standard InChI is InChI=1S/C12H13P3/c13-10-3-1-8(2-4-10)9-5-11(14)7-12(15)6-9/h1-7H,13-15H2. The van der Waals surface area contributed by atoms with Crippen LogP contribution >= 0.6 is 27.7 Å². The van der Waals surface area contributed by atoms with E-state index in [4.69, 9.17) is 0 Å². The molecule has 0 aliphatic rings. The van der Waals surface area contributed by atoms with E-state index in [1.54, 1.807) is 0 Å². The van der Waals surface area contributed by atoms with E-state index >= 15 is 0 Å². The van der Waals surface area contributed by atoms with Gasteiger partial charge in [-0.3, -0.25) is 0 Å². The van der Waals surface area contributed by atoms with Crippen LogP contribution in [0.25, 0.3) is 11.1 Å². The van der Waals surface area contributed by atoms with E-state index in [-0.39, 0.29) is 0 Å². The molecule has 0 bridgehead atoms. The molecule has 0 nitrogen and oxygen atoms in total. The summed E-state index contributed by atoms with van der Waals surface area (Å²) in [4.78, 5) is 0. The molecule has 0 saturated heterocycles. The van der Waals surface area contributed by atoms with Crippen LogP contribution in [0.4, 0.5) is 0 Å². The largest absolute Gasteiger partial charge is 0.106 e. The first-order valence-corrected chi connectivity index (χ1v) is 6.40. The number of hydrogen-bond acceptors (Lipinski definition) is 0. The highest BCUT2D eigenvalue weighted by molar-refractivity contribution is 7.29. The van der Waals surface area contributed by atoms with Crippen LogP contribution in [-0.2, 0) is 0 Å². The predicted molar refractivity (Wildman–Crippen MR) is 79.9 cm³/mol. The van der Waals surface area contributed by atoms with Crippen LogP contribution in [0.3, 0.4) is 0 Å². The fraction of sp³-hybridized carbons (Fsp3) is 0. The van der Waals surface area contributed by atoms with Crippen LogP contribution in [0.1, 0.15) is 0 Å². The lowest BCUT2D eigenvalue weighted by Crippen LogP contribution is -2.01. The second-order valence-corrected chi connectivity index (χ2v) is 5.51. The Labute approximate surface area is 97.5 Å². The first kappa shape index (κ1) is 11.2. The summed E-state index contributed by atoms with van der Waals surface area (Å²) in [5.74, 6) is 0. The van der Waals surface area contributed by atoms with Gasteiger partial charge in [-0.1, -0.05) is 24.3 Å². The van der Waals surface area contributed by atoms with Crippen LogP contribution < -0.4 is 15.9 Å². The van der Waals surface area contributed by atoms with E-state index in [0.29, 0.717) is 0 Å². The Kier molecular flexibility index (Phi) is 3.53. The molecule has 2 aromatic rings. The minimum Gasteiger partial charge on any atom is -0.106 e. The molecule has 3 heteroatoms. The Bertz CT molecular complexity index is 454. The molecule has 15 heavy (non-hydrogen) atoms. The molecule has 0 saturated carbocycles. The van der Waals surface area contributed by atoms with Crippen molar-refractivity contribution in [3.8, 4) is 11.1 Å². The van der Waals surface area contributed by atoms with Crippen molar-refractivity contribution in [2.75, 3.05) is 0 Å². The second kappa shape index (κ2) is 4.71. The molecular weight excluding hydrogens is 237 g/mol. The quantitative estimate of drug-likeness (QED) is 0.678. The minimum atomic E-state index is 1.21. The van der Waals surface area contributed by atoms with Gasteiger partial charge in [0.05, 0.1) is 0 Å². The van der Waals surface area contributed by atoms with Gasteiger partial charge in [-0.2, -0.15) is 0 Å². The highest BCUT2D eigenvalue weighted by Crippen LogP contribution is 2.17. The van der Waals surface area contributed by atoms with Crippen molar-refractivity contribution in [1.29, 1.82) is 0 Å². The zero-order valence-electron chi connectivity index (χ0n) is 8.27. The van der Waals surface area contributed by atoms with Gasteiger partial charge in [-0.05, 0) is 45.2 Å². The summed E-state index contributed by atoms with van der Waals surface area (Å²) >= 11 is 0. The molecule has 0 heterocycles. The molecule has 0 amide bonds. The molecule has 76 valence electrons. The molecule has 0 aromatic heterocycles. The van der Waals surface area contributed by atoms with Gasteiger partial charge in [-0.25, -0.2) is 0 Å². The molecule has 0 N–H and O–H groups in total. The van der Waals surface area contributed by atoms with Gasteiger partial charge >= 0.3 is 0 Å². The van der Waals surface area contributed by atoms with Crippen LogP contribution in [0.2, 0.25) is 0 Å². The van der Waals surface area contributed by atoms with Gasteiger partial charge < -0.3 is 0 Å². The maximum absolute atomic E-state index is 2.74. The maximum atomic E-state index is 2.74. The summed E-state index contributed by atoms with van der Waals surface area (Å²) in [5.41, 5.74) is 2.52. The normalized spacial score (nSPS) is 10.3. The van der Waals surface area contributed by atoms with E-state index in [1.807, 2.05) is 0 Å². The SMILES string of the molecule is Pc1ccc(-c2cc(P)cc(P)c2)cc1. The highest BCUT2D eigenvalue weighted by Gasteiger charge is 1.99. The van der Waals surface area contributed by atoms with Crippen LogP contribution in [0.5, 0.6) is 0 Å². The third-order valence-corrected chi connectivity index (χ3v) is 3.27. The highest BCUT2D eigenvalue weighted by atomic mass is 31.0. The lowest BCUT2D eigenvalue weighted by molar-refractivity contribution is 1.69. The zero-order chi connectivity index (χ0) is 10.8. The van der Waals surface area contributed by atoms with Crippen molar-refractivity contribution in [1.82, 2.24) is 0 Å². The molecule has 0 radical (unpaired) electrons. The Morgan fingerprint density at radius 1 is 0.533 bits per heavy atom. The lowest BCUT2D eigenvalue weighted by Gasteiger charge is -2.05. The lowest BCUT2D eigenvalue weighted by atomic mass is 10.1. The number of hydrogen-bond donors (Lipinski definition) is 0. The summed E-state index contributed by atoms with van der Waals surface area (Å²) in [6.45, 7) is 0. The second-order valence-electron chi connectivity index (χ2n) is 3.51. The van der Waals surface area contributed by atoms with Crippen LogP contribution in [0, 0.1) is 0 Å². The first-order valence-electron chi connectivity index (χ1n) is 4.67.